The molecule has 3 nitrogen and oxygen atoms in total. The Morgan fingerprint density at radius 3 is 2.92 bits per heavy atom. The number of oxime groups is 1. The molecule has 0 heterocycles. The fourth-order valence-electron chi connectivity index (χ4n) is 0.868. The molecule has 0 fully saturated rings. The van der Waals surface area contributed by atoms with Gasteiger partial charge in [-0.05, 0) is 18.2 Å². The summed E-state index contributed by atoms with van der Waals surface area (Å²) in [7, 11) is 1.57. The fraction of sp³-hybridized carbons (Fsp3) is 0.125. The van der Waals surface area contributed by atoms with Crippen LogP contribution in [0.15, 0.2) is 27.8 Å². The smallest absolute Gasteiger partial charge is 0.127 e. The van der Waals surface area contributed by atoms with Gasteiger partial charge in [0, 0.05) is 10.0 Å². The molecule has 0 radical (unpaired) electrons. The Kier molecular flexibility index (Phi) is 3.10. The lowest BCUT2D eigenvalue weighted by Gasteiger charge is -2.03. The number of ether oxygens (including phenoxy) is 1. The third-order valence-electron chi connectivity index (χ3n) is 1.39. The highest BCUT2D eigenvalue weighted by molar-refractivity contribution is 9.10. The molecule has 1 rings (SSSR count). The maximum atomic E-state index is 8.33. The van der Waals surface area contributed by atoms with Gasteiger partial charge in [0.05, 0.1) is 13.3 Å². The van der Waals surface area contributed by atoms with Gasteiger partial charge in [0.25, 0.3) is 0 Å². The minimum atomic E-state index is 0.677. The summed E-state index contributed by atoms with van der Waals surface area (Å²) in [5, 5.41) is 11.3. The van der Waals surface area contributed by atoms with Gasteiger partial charge in [-0.15, -0.1) is 0 Å². The average molecular weight is 230 g/mol. The molecular formula is C8H8BrNO2. The standard InChI is InChI=1S/C8H8BrNO2/c1-12-8-3-2-7(9)4-6(8)5-10-11/h2-5,11H,1H3/b10-5-. The van der Waals surface area contributed by atoms with Crippen LogP contribution in [0.2, 0.25) is 0 Å². The SMILES string of the molecule is COc1ccc(Br)cc1/C=N\O. The van der Waals surface area contributed by atoms with Crippen molar-refractivity contribution in [2.24, 2.45) is 5.16 Å². The van der Waals surface area contributed by atoms with Crippen LogP contribution in [-0.4, -0.2) is 18.5 Å². The summed E-state index contributed by atoms with van der Waals surface area (Å²) in [6, 6.07) is 5.45. The molecule has 0 amide bonds. The van der Waals surface area contributed by atoms with Crippen LogP contribution in [0.25, 0.3) is 0 Å². The van der Waals surface area contributed by atoms with E-state index in [1.54, 1.807) is 19.2 Å². The average Bonchev–Trinajstić information content (AvgIpc) is 2.05. The van der Waals surface area contributed by atoms with Gasteiger partial charge in [0.15, 0.2) is 0 Å². The zero-order valence-corrected chi connectivity index (χ0v) is 8.08. The Hall–Kier alpha value is -1.03. The van der Waals surface area contributed by atoms with E-state index in [0.717, 1.165) is 10.0 Å². The van der Waals surface area contributed by atoms with Crippen molar-refractivity contribution in [2.45, 2.75) is 0 Å². The molecule has 4 heteroatoms. The Bertz CT molecular complexity index is 299. The van der Waals surface area contributed by atoms with Crippen molar-refractivity contribution in [1.82, 2.24) is 0 Å². The summed E-state index contributed by atoms with van der Waals surface area (Å²) < 4.78 is 5.94. The molecule has 0 aliphatic rings. The molecule has 1 aromatic carbocycles. The number of nitrogens with zero attached hydrogens (tertiary/aromatic N) is 1. The first-order valence-corrected chi connectivity index (χ1v) is 4.08. The number of hydrogen-bond donors (Lipinski definition) is 1. The summed E-state index contributed by atoms with van der Waals surface area (Å²) in [6.07, 6.45) is 1.32. The summed E-state index contributed by atoms with van der Waals surface area (Å²) >= 11 is 3.30. The van der Waals surface area contributed by atoms with E-state index in [0.29, 0.717) is 5.75 Å². The molecule has 0 aliphatic carbocycles. The minimum absolute atomic E-state index is 0.677. The normalized spacial score (nSPS) is 10.5. The van der Waals surface area contributed by atoms with Gasteiger partial charge in [-0.2, -0.15) is 0 Å². The quantitative estimate of drug-likeness (QED) is 0.481. The van der Waals surface area contributed by atoms with E-state index in [1.165, 1.54) is 6.21 Å². The van der Waals surface area contributed by atoms with Crippen LogP contribution < -0.4 is 4.74 Å². The predicted octanol–water partition coefficient (Wildman–Crippen LogP) is 2.27. The Morgan fingerprint density at radius 2 is 2.33 bits per heavy atom. The molecule has 0 aromatic heterocycles. The summed E-state index contributed by atoms with van der Waals surface area (Å²) in [5.74, 6) is 0.677. The van der Waals surface area contributed by atoms with Gasteiger partial charge in [-0.1, -0.05) is 21.1 Å². The molecule has 1 aromatic rings. The van der Waals surface area contributed by atoms with Crippen LogP contribution in [0.5, 0.6) is 5.75 Å². The molecule has 0 aliphatic heterocycles. The van der Waals surface area contributed by atoms with E-state index in [2.05, 4.69) is 21.1 Å². The lowest BCUT2D eigenvalue weighted by Crippen LogP contribution is -1.90. The van der Waals surface area contributed by atoms with Gasteiger partial charge < -0.3 is 9.94 Å². The summed E-state index contributed by atoms with van der Waals surface area (Å²) in [5.41, 5.74) is 0.731. The molecule has 0 saturated carbocycles. The van der Waals surface area contributed by atoms with Crippen LogP contribution in [-0.2, 0) is 0 Å². The first-order chi connectivity index (χ1) is 5.77. The van der Waals surface area contributed by atoms with E-state index >= 15 is 0 Å². The third-order valence-corrected chi connectivity index (χ3v) is 1.88. The number of rotatable bonds is 2. The largest absolute Gasteiger partial charge is 0.496 e. The zero-order valence-electron chi connectivity index (χ0n) is 6.49. The first kappa shape index (κ1) is 9.06. The molecule has 0 bridgehead atoms. The highest BCUT2D eigenvalue weighted by atomic mass is 79.9. The zero-order chi connectivity index (χ0) is 8.97. The molecule has 0 unspecified atom stereocenters. The molecular weight excluding hydrogens is 222 g/mol. The van der Waals surface area contributed by atoms with E-state index in [9.17, 15) is 0 Å². The van der Waals surface area contributed by atoms with E-state index in [4.69, 9.17) is 9.94 Å². The highest BCUT2D eigenvalue weighted by Gasteiger charge is 1.99. The van der Waals surface area contributed by atoms with Gasteiger partial charge >= 0.3 is 0 Å². The van der Waals surface area contributed by atoms with Crippen LogP contribution in [0.1, 0.15) is 5.56 Å². The summed E-state index contributed by atoms with van der Waals surface area (Å²) in [6.45, 7) is 0. The first-order valence-electron chi connectivity index (χ1n) is 3.29. The maximum Gasteiger partial charge on any atom is 0.127 e. The number of halogens is 1. The second-order valence-corrected chi connectivity index (χ2v) is 3.05. The van der Waals surface area contributed by atoms with Crippen molar-refractivity contribution in [3.8, 4) is 5.75 Å². The number of benzene rings is 1. The topological polar surface area (TPSA) is 41.8 Å². The Balaban J connectivity index is 3.12. The second-order valence-electron chi connectivity index (χ2n) is 2.13. The van der Waals surface area contributed by atoms with Gasteiger partial charge in [0.1, 0.15) is 5.75 Å². The van der Waals surface area contributed by atoms with Gasteiger partial charge in [-0.3, -0.25) is 0 Å². The predicted molar refractivity (Wildman–Crippen MR) is 50.1 cm³/mol. The van der Waals surface area contributed by atoms with Crippen LogP contribution in [0, 0.1) is 0 Å². The van der Waals surface area contributed by atoms with Gasteiger partial charge in [-0.25, -0.2) is 0 Å². The number of methoxy groups -OCH3 is 1. The lowest BCUT2D eigenvalue weighted by atomic mass is 10.2. The lowest BCUT2D eigenvalue weighted by molar-refractivity contribution is 0.321. The van der Waals surface area contributed by atoms with E-state index < -0.39 is 0 Å². The van der Waals surface area contributed by atoms with E-state index in [1.807, 2.05) is 6.07 Å². The highest BCUT2D eigenvalue weighted by Crippen LogP contribution is 2.20. The molecule has 64 valence electrons. The van der Waals surface area contributed by atoms with Crippen LogP contribution >= 0.6 is 15.9 Å². The van der Waals surface area contributed by atoms with Crippen molar-refractivity contribution in [3.63, 3.8) is 0 Å². The third kappa shape index (κ3) is 1.98. The fourth-order valence-corrected chi connectivity index (χ4v) is 1.25. The van der Waals surface area contributed by atoms with Crippen molar-refractivity contribution < 1.29 is 9.94 Å². The maximum absolute atomic E-state index is 8.33. The summed E-state index contributed by atoms with van der Waals surface area (Å²) in [4.78, 5) is 0. The molecule has 0 saturated heterocycles. The molecule has 0 atom stereocenters. The molecule has 0 spiro atoms. The molecule has 1 N–H and O–H groups in total. The van der Waals surface area contributed by atoms with Crippen LogP contribution in [0.3, 0.4) is 0 Å². The monoisotopic (exact) mass is 229 g/mol. The number of hydrogen-bond acceptors (Lipinski definition) is 3. The van der Waals surface area contributed by atoms with Crippen molar-refractivity contribution in [1.29, 1.82) is 0 Å². The van der Waals surface area contributed by atoms with Gasteiger partial charge in [0.2, 0.25) is 0 Å². The Labute approximate surface area is 78.8 Å². The van der Waals surface area contributed by atoms with Crippen molar-refractivity contribution >= 4 is 22.1 Å². The Morgan fingerprint density at radius 1 is 1.58 bits per heavy atom. The van der Waals surface area contributed by atoms with Crippen molar-refractivity contribution in [2.75, 3.05) is 7.11 Å². The van der Waals surface area contributed by atoms with Crippen molar-refractivity contribution in [3.05, 3.63) is 28.2 Å². The second kappa shape index (κ2) is 4.11. The minimum Gasteiger partial charge on any atom is -0.496 e. The van der Waals surface area contributed by atoms with Crippen LogP contribution in [0.4, 0.5) is 0 Å². The van der Waals surface area contributed by atoms with E-state index in [-0.39, 0.29) is 0 Å². The molecule has 12 heavy (non-hydrogen) atoms.